The monoisotopic (exact) mass is 500 g/mol. The lowest BCUT2D eigenvalue weighted by Gasteiger charge is -2.22. The van der Waals surface area contributed by atoms with Gasteiger partial charge in [0.1, 0.15) is 0 Å². The van der Waals surface area contributed by atoms with Gasteiger partial charge in [-0.05, 0) is 17.2 Å². The SMILES string of the molecule is CN(Cc1cncc(Cl)c1Sc1ccccc1C=O)C(=O)OC1c2ccccc2-c2ccccc21. The number of fused-ring (bicyclic) bond motifs is 3. The van der Waals surface area contributed by atoms with E-state index in [0.717, 1.165) is 43.9 Å². The van der Waals surface area contributed by atoms with Crippen molar-refractivity contribution >= 4 is 35.7 Å². The van der Waals surface area contributed by atoms with Gasteiger partial charge in [-0.25, -0.2) is 4.79 Å². The van der Waals surface area contributed by atoms with Crippen LogP contribution in [0, 0.1) is 0 Å². The van der Waals surface area contributed by atoms with Crippen LogP contribution < -0.4 is 0 Å². The minimum absolute atomic E-state index is 0.244. The van der Waals surface area contributed by atoms with Crippen molar-refractivity contribution in [3.8, 4) is 11.1 Å². The summed E-state index contributed by atoms with van der Waals surface area (Å²) in [6, 6.07) is 23.2. The summed E-state index contributed by atoms with van der Waals surface area (Å²) < 4.78 is 6.00. The molecule has 7 heteroatoms. The predicted molar refractivity (Wildman–Crippen MR) is 137 cm³/mol. The highest BCUT2D eigenvalue weighted by Gasteiger charge is 2.32. The minimum Gasteiger partial charge on any atom is -0.436 e. The van der Waals surface area contributed by atoms with E-state index in [1.54, 1.807) is 25.5 Å². The van der Waals surface area contributed by atoms with Crippen molar-refractivity contribution < 1.29 is 14.3 Å². The topological polar surface area (TPSA) is 59.5 Å². The van der Waals surface area contributed by atoms with Gasteiger partial charge in [-0.1, -0.05) is 90.1 Å². The fourth-order valence-corrected chi connectivity index (χ4v) is 5.51. The maximum Gasteiger partial charge on any atom is 0.410 e. The van der Waals surface area contributed by atoms with Crippen LogP contribution in [0.15, 0.2) is 95.0 Å². The lowest BCUT2D eigenvalue weighted by molar-refractivity contribution is 0.0841. The zero-order chi connectivity index (χ0) is 24.4. The number of ether oxygens (including phenoxy) is 1. The van der Waals surface area contributed by atoms with Crippen molar-refractivity contribution in [2.75, 3.05) is 7.05 Å². The van der Waals surface area contributed by atoms with E-state index in [-0.39, 0.29) is 6.54 Å². The van der Waals surface area contributed by atoms with Gasteiger partial charge in [0.05, 0.1) is 11.6 Å². The van der Waals surface area contributed by atoms with Gasteiger partial charge >= 0.3 is 6.09 Å². The Morgan fingerprint density at radius 3 is 2.31 bits per heavy atom. The molecule has 1 heterocycles. The standard InChI is InChI=1S/C28H21ClN2O3S/c1-31(16-19-14-30-15-24(29)27(19)35-25-13-7-2-8-18(25)17-32)28(33)34-26-22-11-5-3-9-20(22)21-10-4-6-12-23(21)26/h2-15,17,26H,16H2,1H3. The zero-order valence-corrected chi connectivity index (χ0v) is 20.4. The second-order valence-corrected chi connectivity index (χ2v) is 9.62. The molecule has 0 N–H and O–H groups in total. The van der Waals surface area contributed by atoms with Crippen LogP contribution in [0.5, 0.6) is 0 Å². The van der Waals surface area contributed by atoms with E-state index in [0.29, 0.717) is 10.6 Å². The largest absolute Gasteiger partial charge is 0.436 e. The molecule has 0 saturated heterocycles. The minimum atomic E-state index is -0.469. The predicted octanol–water partition coefficient (Wildman–Crippen LogP) is 7.04. The van der Waals surface area contributed by atoms with Crippen molar-refractivity contribution in [2.24, 2.45) is 0 Å². The summed E-state index contributed by atoms with van der Waals surface area (Å²) in [5, 5.41) is 0.452. The Hall–Kier alpha value is -3.61. The van der Waals surface area contributed by atoms with E-state index in [1.807, 2.05) is 66.7 Å². The van der Waals surface area contributed by atoms with E-state index < -0.39 is 12.2 Å². The number of amides is 1. The third kappa shape index (κ3) is 4.55. The number of nitrogens with zero attached hydrogens (tertiary/aromatic N) is 2. The van der Waals surface area contributed by atoms with Crippen LogP contribution in [0.25, 0.3) is 11.1 Å². The molecule has 0 aliphatic heterocycles. The number of aromatic nitrogens is 1. The number of hydrogen-bond donors (Lipinski definition) is 0. The molecule has 1 aromatic heterocycles. The molecular formula is C28H21ClN2O3S. The number of carbonyl (C=O) groups excluding carboxylic acids is 2. The highest BCUT2D eigenvalue weighted by Crippen LogP contribution is 2.45. The molecule has 3 aromatic carbocycles. The lowest BCUT2D eigenvalue weighted by Crippen LogP contribution is -2.28. The van der Waals surface area contributed by atoms with E-state index >= 15 is 0 Å². The number of benzene rings is 3. The number of hydrogen-bond acceptors (Lipinski definition) is 5. The van der Waals surface area contributed by atoms with E-state index in [9.17, 15) is 9.59 Å². The normalized spacial score (nSPS) is 12.1. The first-order valence-corrected chi connectivity index (χ1v) is 12.2. The molecule has 0 radical (unpaired) electrons. The number of rotatable bonds is 6. The van der Waals surface area contributed by atoms with Gasteiger partial charge in [0.25, 0.3) is 0 Å². The van der Waals surface area contributed by atoms with E-state index in [1.165, 1.54) is 16.7 Å². The zero-order valence-electron chi connectivity index (χ0n) is 18.9. The molecule has 0 bridgehead atoms. The van der Waals surface area contributed by atoms with E-state index in [4.69, 9.17) is 16.3 Å². The maximum absolute atomic E-state index is 13.2. The molecule has 35 heavy (non-hydrogen) atoms. The van der Waals surface area contributed by atoms with Crippen LogP contribution in [0.1, 0.15) is 33.2 Å². The summed E-state index contributed by atoms with van der Waals surface area (Å²) in [7, 11) is 1.68. The molecular weight excluding hydrogens is 480 g/mol. The fourth-order valence-electron chi connectivity index (χ4n) is 4.22. The summed E-state index contributed by atoms with van der Waals surface area (Å²) in [4.78, 5) is 31.9. The van der Waals surface area contributed by atoms with Gasteiger partial charge in [0.15, 0.2) is 12.4 Å². The summed E-state index contributed by atoms with van der Waals surface area (Å²) >= 11 is 7.86. The first-order chi connectivity index (χ1) is 17.1. The molecule has 1 aliphatic rings. The molecule has 0 atom stereocenters. The third-order valence-corrected chi connectivity index (χ3v) is 7.58. The Kier molecular flexibility index (Phi) is 6.57. The van der Waals surface area contributed by atoms with Gasteiger partial charge in [-0.2, -0.15) is 0 Å². The van der Waals surface area contributed by atoms with Crippen molar-refractivity contribution in [3.63, 3.8) is 0 Å². The Morgan fingerprint density at radius 2 is 1.63 bits per heavy atom. The smallest absolute Gasteiger partial charge is 0.410 e. The Labute approximate surface area is 212 Å². The lowest BCUT2D eigenvalue weighted by atomic mass is 10.1. The maximum atomic E-state index is 13.2. The molecule has 0 fully saturated rings. The van der Waals surface area contributed by atoms with Crippen molar-refractivity contribution in [2.45, 2.75) is 22.4 Å². The van der Waals surface area contributed by atoms with E-state index in [2.05, 4.69) is 4.98 Å². The van der Waals surface area contributed by atoms with Crippen LogP contribution in [0.4, 0.5) is 4.79 Å². The van der Waals surface area contributed by atoms with Crippen LogP contribution >= 0.6 is 23.4 Å². The molecule has 174 valence electrons. The summed E-state index contributed by atoms with van der Waals surface area (Å²) in [6.07, 6.45) is 3.13. The molecule has 5 nitrogen and oxygen atoms in total. The highest BCUT2D eigenvalue weighted by molar-refractivity contribution is 7.99. The number of pyridine rings is 1. The Bertz CT molecular complexity index is 1380. The molecule has 0 saturated carbocycles. The second kappa shape index (κ2) is 9.94. The molecule has 5 rings (SSSR count). The van der Waals surface area contributed by atoms with Crippen LogP contribution in [0.2, 0.25) is 5.02 Å². The van der Waals surface area contributed by atoms with Gasteiger partial charge in [-0.15, -0.1) is 0 Å². The van der Waals surface area contributed by atoms with Gasteiger partial charge in [-0.3, -0.25) is 9.78 Å². The highest BCUT2D eigenvalue weighted by atomic mass is 35.5. The average Bonchev–Trinajstić information content (AvgIpc) is 3.20. The van der Waals surface area contributed by atoms with Crippen molar-refractivity contribution in [3.05, 3.63) is 112 Å². The number of halogens is 1. The van der Waals surface area contributed by atoms with Crippen molar-refractivity contribution in [1.82, 2.24) is 9.88 Å². The quantitative estimate of drug-likeness (QED) is 0.266. The van der Waals surface area contributed by atoms with Crippen LogP contribution in [-0.2, 0) is 11.3 Å². The summed E-state index contributed by atoms with van der Waals surface area (Å²) in [5.74, 6) is 0. The molecule has 1 aliphatic carbocycles. The second-order valence-electron chi connectivity index (χ2n) is 8.16. The molecule has 0 unspecified atom stereocenters. The first-order valence-electron chi connectivity index (χ1n) is 11.0. The van der Waals surface area contributed by atoms with Crippen LogP contribution in [-0.4, -0.2) is 29.3 Å². The van der Waals surface area contributed by atoms with Gasteiger partial charge in [0, 0.05) is 51.5 Å². The first kappa shape index (κ1) is 23.1. The average molecular weight is 501 g/mol. The van der Waals surface area contributed by atoms with Gasteiger partial charge < -0.3 is 9.64 Å². The Morgan fingerprint density at radius 1 is 1.00 bits per heavy atom. The molecule has 0 spiro atoms. The number of carbonyl (C=O) groups is 2. The van der Waals surface area contributed by atoms with Gasteiger partial charge in [0.2, 0.25) is 0 Å². The van der Waals surface area contributed by atoms with Crippen LogP contribution in [0.3, 0.4) is 0 Å². The number of aldehydes is 1. The molecule has 1 amide bonds. The summed E-state index contributed by atoms with van der Waals surface area (Å²) in [5.41, 5.74) is 5.44. The summed E-state index contributed by atoms with van der Waals surface area (Å²) in [6.45, 7) is 0.244. The third-order valence-electron chi connectivity index (χ3n) is 5.90. The Balaban J connectivity index is 1.37. The molecule has 4 aromatic rings. The van der Waals surface area contributed by atoms with Crippen molar-refractivity contribution in [1.29, 1.82) is 0 Å². The fraction of sp³-hybridized carbons (Fsp3) is 0.107.